The summed E-state index contributed by atoms with van der Waals surface area (Å²) < 4.78 is 0. The van der Waals surface area contributed by atoms with Crippen molar-refractivity contribution >= 4 is 51.7 Å². The smallest absolute Gasteiger partial charge is 0.120 e. The van der Waals surface area contributed by atoms with Crippen molar-refractivity contribution in [3.8, 4) is 122 Å². The van der Waals surface area contributed by atoms with Crippen molar-refractivity contribution in [3.05, 3.63) is 176 Å². The number of aromatic nitrogens is 6. The minimum Gasteiger partial charge on any atom is -0.308 e. The highest BCUT2D eigenvalue weighted by atomic mass is 14.9. The molecule has 18 nitrogen and oxygen atoms in total. The molecule has 0 atom stereocenters. The van der Waals surface area contributed by atoms with Gasteiger partial charge in [-0.25, -0.2) is 29.9 Å². The molecule has 0 fully saturated rings. The Balaban J connectivity index is 1.48. The van der Waals surface area contributed by atoms with Crippen molar-refractivity contribution in [2.45, 2.75) is 0 Å². The Morgan fingerprint density at radius 3 is 0.705 bits per heavy atom. The first-order chi connectivity index (χ1) is 38.1. The monoisotopic (exact) mass is 996 g/mol. The zero-order chi connectivity index (χ0) is 54.8. The highest BCUT2D eigenvalue weighted by Crippen LogP contribution is 2.43. The second-order valence-corrected chi connectivity index (χ2v) is 17.0. The summed E-state index contributed by atoms with van der Waals surface area (Å²) in [6.07, 6.45) is 3.08. The van der Waals surface area contributed by atoms with Crippen LogP contribution in [0.1, 0.15) is 66.8 Å². The molecule has 0 amide bonds. The van der Waals surface area contributed by atoms with E-state index in [0.717, 1.165) is 18.6 Å². The van der Waals surface area contributed by atoms with E-state index in [2.05, 4.69) is 36.4 Å². The van der Waals surface area contributed by atoms with Crippen LogP contribution < -0.4 is 0 Å². The molecule has 0 spiro atoms. The standard InChI is InChI=1S/C60H24N18/c61-19-37-7-1-31(13-43(37)25-67)49-50(32-2-8-38(20-62)44(14-32)26-68)74-56-55(73-49)57-59(77-52(34-4-10-40(22-64)46(16-34)28-70)51(75-57)33-3-9-39(21-63)45(15-33)27-69)60-58(56)76-53(35-5-11-41(23-65)47(17-35)29-71)54(78-60)36-6-12-42(24-66)48(18-36)30-72/h1-19,22,30,61,64,72H. The topological polar surface area (TPSA) is 363 Å². The van der Waals surface area contributed by atoms with E-state index >= 15 is 0 Å². The first-order valence-electron chi connectivity index (χ1n) is 22.9. The Morgan fingerprint density at radius 2 is 0.462 bits per heavy atom. The van der Waals surface area contributed by atoms with Crippen LogP contribution in [-0.2, 0) is 0 Å². The fourth-order valence-corrected chi connectivity index (χ4v) is 8.93. The zero-order valence-electron chi connectivity index (χ0n) is 39.8. The number of hydrogen-bond donors (Lipinski definition) is 3. The molecule has 10 rings (SSSR count). The minimum absolute atomic E-state index is 0.0195. The van der Waals surface area contributed by atoms with Crippen LogP contribution in [0.4, 0.5) is 0 Å². The highest BCUT2D eigenvalue weighted by molar-refractivity contribution is 6.20. The Labute approximate surface area is 441 Å². The predicted octanol–water partition coefficient (Wildman–Crippen LogP) is 10.4. The number of nitriles is 9. The normalized spacial score (nSPS) is 10.3. The van der Waals surface area contributed by atoms with Crippen LogP contribution in [-0.4, -0.2) is 48.5 Å². The van der Waals surface area contributed by atoms with E-state index in [0.29, 0.717) is 44.5 Å². The molecule has 0 saturated heterocycles. The van der Waals surface area contributed by atoms with Crippen LogP contribution in [0.5, 0.6) is 0 Å². The molecular weight excluding hydrogens is 973 g/mol. The summed E-state index contributed by atoms with van der Waals surface area (Å²) in [5.41, 5.74) is 4.88. The van der Waals surface area contributed by atoms with Gasteiger partial charge in [0.15, 0.2) is 0 Å². The maximum absolute atomic E-state index is 10.3. The summed E-state index contributed by atoms with van der Waals surface area (Å²) in [5.74, 6) is 0. The molecule has 10 aromatic rings. The SMILES string of the molecule is N#Cc1ccc(-c2nc3c4nc(-c5ccc(C#N)c(C#N)c5)c(-c5ccc(C#N)c(C=N)c5)nc4c4nc(-c5ccc(C=N)c(C#N)c5)c(-c5ccc(C#N)c(C#N)c5)nc4c3nc2-c2ccc(C=N)c(C#N)c2)cc1C#N. The molecular formula is C60H24N18. The maximum atomic E-state index is 10.3. The predicted molar refractivity (Wildman–Crippen MR) is 284 cm³/mol. The van der Waals surface area contributed by atoms with Gasteiger partial charge in [0, 0.05) is 68.7 Å². The Hall–Kier alpha value is -13.0. The zero-order valence-corrected chi connectivity index (χ0v) is 39.8. The van der Waals surface area contributed by atoms with Crippen LogP contribution >= 0.6 is 0 Å². The number of nitrogens with one attached hydrogen (secondary N) is 3. The lowest BCUT2D eigenvalue weighted by molar-refractivity contribution is 1.24. The van der Waals surface area contributed by atoms with Crippen LogP contribution in [0.2, 0.25) is 0 Å². The Bertz CT molecular complexity index is 4800. The first kappa shape index (κ1) is 48.6. The second kappa shape index (κ2) is 19.9. The van der Waals surface area contributed by atoms with Gasteiger partial charge in [-0.15, -0.1) is 0 Å². The molecule has 0 bridgehead atoms. The van der Waals surface area contributed by atoms with Crippen LogP contribution in [0.15, 0.2) is 109 Å². The van der Waals surface area contributed by atoms with Crippen LogP contribution in [0, 0.1) is 118 Å². The molecule has 0 aliphatic carbocycles. The number of rotatable bonds is 9. The third-order valence-corrected chi connectivity index (χ3v) is 12.8. The third kappa shape index (κ3) is 8.09. The van der Waals surface area contributed by atoms with Gasteiger partial charge in [0.05, 0.1) is 102 Å². The second-order valence-electron chi connectivity index (χ2n) is 17.0. The largest absolute Gasteiger partial charge is 0.308 e. The first-order valence-corrected chi connectivity index (χ1v) is 22.9. The van der Waals surface area contributed by atoms with E-state index in [9.17, 15) is 47.4 Å². The van der Waals surface area contributed by atoms with Gasteiger partial charge in [0.2, 0.25) is 0 Å². The van der Waals surface area contributed by atoms with E-state index < -0.39 is 0 Å². The average Bonchev–Trinajstić information content (AvgIpc) is 3.68. The van der Waals surface area contributed by atoms with E-state index in [1.807, 2.05) is 18.2 Å². The van der Waals surface area contributed by atoms with E-state index in [1.165, 1.54) is 54.6 Å². The molecule has 7 aromatic carbocycles. The minimum atomic E-state index is 0.0195. The lowest BCUT2D eigenvalue weighted by Gasteiger charge is -2.18. The molecule has 78 heavy (non-hydrogen) atoms. The van der Waals surface area contributed by atoms with E-state index in [-0.39, 0.29) is 123 Å². The Kier molecular flexibility index (Phi) is 12.4. The highest BCUT2D eigenvalue weighted by Gasteiger charge is 2.27. The molecule has 0 aliphatic heterocycles. The number of benzene rings is 7. The maximum Gasteiger partial charge on any atom is 0.120 e. The quantitative estimate of drug-likeness (QED) is 0.0893. The van der Waals surface area contributed by atoms with Gasteiger partial charge in [-0.3, -0.25) is 0 Å². The van der Waals surface area contributed by atoms with Gasteiger partial charge in [-0.1, -0.05) is 48.5 Å². The molecule has 0 aliphatic rings. The summed E-state index contributed by atoms with van der Waals surface area (Å²) in [7, 11) is 0. The fraction of sp³-hybridized carbons (Fsp3) is 0. The average molecular weight is 997 g/mol. The summed E-state index contributed by atoms with van der Waals surface area (Å²) in [6, 6.07) is 46.4. The van der Waals surface area contributed by atoms with Crippen molar-refractivity contribution in [2.24, 2.45) is 0 Å². The van der Waals surface area contributed by atoms with Crippen molar-refractivity contribution < 1.29 is 0 Å². The number of hydrogen-bond acceptors (Lipinski definition) is 18. The van der Waals surface area contributed by atoms with Crippen molar-refractivity contribution in [2.75, 3.05) is 0 Å². The van der Waals surface area contributed by atoms with Gasteiger partial charge in [0.25, 0.3) is 0 Å². The van der Waals surface area contributed by atoms with Gasteiger partial charge in [-0.05, 0) is 60.7 Å². The molecule has 3 heterocycles. The Morgan fingerprint density at radius 1 is 0.244 bits per heavy atom. The van der Waals surface area contributed by atoms with Gasteiger partial charge < -0.3 is 16.2 Å². The summed E-state index contributed by atoms with van der Waals surface area (Å²) in [6.45, 7) is 0. The van der Waals surface area contributed by atoms with Crippen molar-refractivity contribution in [1.29, 1.82) is 63.6 Å². The van der Waals surface area contributed by atoms with Crippen LogP contribution in [0.3, 0.4) is 0 Å². The van der Waals surface area contributed by atoms with Crippen LogP contribution in [0.25, 0.3) is 101 Å². The summed E-state index contributed by atoms with van der Waals surface area (Å²) >= 11 is 0. The van der Waals surface area contributed by atoms with E-state index in [4.69, 9.17) is 46.1 Å². The number of fused-ring (bicyclic) bond motifs is 6. The molecule has 354 valence electrons. The molecule has 0 unspecified atom stereocenters. The van der Waals surface area contributed by atoms with E-state index in [1.54, 1.807) is 54.6 Å². The summed E-state index contributed by atoms with van der Waals surface area (Å²) in [5, 5.41) is 115. The molecule has 3 aromatic heterocycles. The van der Waals surface area contributed by atoms with Crippen molar-refractivity contribution in [3.63, 3.8) is 0 Å². The molecule has 3 N–H and O–H groups in total. The molecule has 18 heteroatoms. The van der Waals surface area contributed by atoms with Gasteiger partial charge >= 0.3 is 0 Å². The lowest BCUT2D eigenvalue weighted by atomic mass is 9.96. The molecule has 0 saturated carbocycles. The van der Waals surface area contributed by atoms with Gasteiger partial charge in [0.1, 0.15) is 69.5 Å². The van der Waals surface area contributed by atoms with Crippen molar-refractivity contribution in [1.82, 2.24) is 29.9 Å². The number of nitrogens with zero attached hydrogens (tertiary/aromatic N) is 15. The molecule has 0 radical (unpaired) electrons. The third-order valence-electron chi connectivity index (χ3n) is 12.8. The summed E-state index contributed by atoms with van der Waals surface area (Å²) in [4.78, 5) is 31.8. The van der Waals surface area contributed by atoms with Gasteiger partial charge in [-0.2, -0.15) is 47.4 Å². The lowest BCUT2D eigenvalue weighted by Crippen LogP contribution is -2.05. The fourth-order valence-electron chi connectivity index (χ4n) is 8.93.